The van der Waals surface area contributed by atoms with Crippen molar-refractivity contribution in [2.24, 2.45) is 0 Å². The van der Waals surface area contributed by atoms with Gasteiger partial charge in [0, 0.05) is 43.2 Å². The average molecular weight is 234 g/mol. The van der Waals surface area contributed by atoms with Gasteiger partial charge in [0.05, 0.1) is 0 Å². The van der Waals surface area contributed by atoms with Crippen molar-refractivity contribution >= 4 is 11.8 Å². The van der Waals surface area contributed by atoms with E-state index < -0.39 is 0 Å². The van der Waals surface area contributed by atoms with Crippen LogP contribution in [-0.2, 0) is 6.54 Å². The molecule has 86 valence electrons. The molecule has 16 heavy (non-hydrogen) atoms. The second kappa shape index (κ2) is 4.78. The molecular weight excluding hydrogens is 216 g/mol. The zero-order chi connectivity index (χ0) is 10.8. The number of rotatable bonds is 2. The molecule has 0 saturated carbocycles. The van der Waals surface area contributed by atoms with E-state index in [4.69, 9.17) is 0 Å². The SMILES string of the molecule is c1ccc(CN2CC3CNCC(C2)S3)cc1. The molecule has 0 amide bonds. The lowest BCUT2D eigenvalue weighted by Crippen LogP contribution is -2.52. The topological polar surface area (TPSA) is 15.3 Å². The molecule has 2 nitrogen and oxygen atoms in total. The summed E-state index contributed by atoms with van der Waals surface area (Å²) in [6.07, 6.45) is 0. The van der Waals surface area contributed by atoms with E-state index in [-0.39, 0.29) is 0 Å². The Bertz CT molecular complexity index is 329. The zero-order valence-corrected chi connectivity index (χ0v) is 10.2. The Labute approximate surface area is 101 Å². The van der Waals surface area contributed by atoms with Gasteiger partial charge in [-0.2, -0.15) is 0 Å². The monoisotopic (exact) mass is 234 g/mol. The molecule has 3 heteroatoms. The van der Waals surface area contributed by atoms with Crippen LogP contribution >= 0.6 is 11.8 Å². The van der Waals surface area contributed by atoms with Gasteiger partial charge < -0.3 is 5.32 Å². The van der Waals surface area contributed by atoms with Crippen LogP contribution in [0.15, 0.2) is 30.3 Å². The maximum absolute atomic E-state index is 3.52. The molecule has 2 bridgehead atoms. The van der Waals surface area contributed by atoms with Gasteiger partial charge in [0.25, 0.3) is 0 Å². The Morgan fingerprint density at radius 1 is 1.12 bits per heavy atom. The summed E-state index contributed by atoms with van der Waals surface area (Å²) in [5, 5.41) is 5.13. The number of hydrogen-bond acceptors (Lipinski definition) is 3. The maximum atomic E-state index is 3.52. The standard InChI is InChI=1S/C13H18N2S/c1-2-4-11(5-3-1)8-15-9-12-6-14-7-13(10-15)16-12/h1-5,12-14H,6-10H2. The number of hydrogen-bond donors (Lipinski definition) is 1. The summed E-state index contributed by atoms with van der Waals surface area (Å²) in [5.41, 5.74) is 1.44. The first-order chi connectivity index (χ1) is 7.90. The van der Waals surface area contributed by atoms with Crippen molar-refractivity contribution < 1.29 is 0 Å². The minimum atomic E-state index is 0.802. The molecule has 0 aromatic heterocycles. The quantitative estimate of drug-likeness (QED) is 0.836. The first-order valence-corrected chi connectivity index (χ1v) is 6.97. The van der Waals surface area contributed by atoms with Crippen LogP contribution in [0.1, 0.15) is 5.56 Å². The summed E-state index contributed by atoms with van der Waals surface area (Å²) in [6.45, 7) is 5.97. The van der Waals surface area contributed by atoms with Gasteiger partial charge in [-0.15, -0.1) is 11.8 Å². The predicted octanol–water partition coefficient (Wildman–Crippen LogP) is 1.58. The van der Waals surface area contributed by atoms with Gasteiger partial charge in [0.2, 0.25) is 0 Å². The van der Waals surface area contributed by atoms with Crippen LogP contribution in [0, 0.1) is 0 Å². The van der Waals surface area contributed by atoms with Gasteiger partial charge >= 0.3 is 0 Å². The second-order valence-corrected chi connectivity index (χ2v) is 6.32. The van der Waals surface area contributed by atoms with Crippen LogP contribution < -0.4 is 5.32 Å². The molecule has 3 rings (SSSR count). The fraction of sp³-hybridized carbons (Fsp3) is 0.538. The smallest absolute Gasteiger partial charge is 0.0303 e. The van der Waals surface area contributed by atoms with Crippen molar-refractivity contribution in [3.8, 4) is 0 Å². The van der Waals surface area contributed by atoms with Crippen molar-refractivity contribution in [2.45, 2.75) is 17.0 Å². The molecule has 1 N–H and O–H groups in total. The van der Waals surface area contributed by atoms with Crippen molar-refractivity contribution in [3.05, 3.63) is 35.9 Å². The average Bonchev–Trinajstić information content (AvgIpc) is 2.30. The first-order valence-electron chi connectivity index (χ1n) is 6.02. The third-order valence-electron chi connectivity index (χ3n) is 3.30. The number of thioether (sulfide) groups is 1. The molecule has 2 heterocycles. The van der Waals surface area contributed by atoms with Gasteiger partial charge in [0.1, 0.15) is 0 Å². The normalized spacial score (nSPS) is 30.2. The van der Waals surface area contributed by atoms with E-state index in [0.29, 0.717) is 0 Å². The molecule has 0 aliphatic carbocycles. The molecule has 0 spiro atoms. The molecule has 2 aliphatic rings. The highest BCUT2D eigenvalue weighted by Crippen LogP contribution is 2.28. The number of nitrogens with one attached hydrogen (secondary N) is 1. The molecule has 1 aromatic carbocycles. The van der Waals surface area contributed by atoms with E-state index in [9.17, 15) is 0 Å². The van der Waals surface area contributed by atoms with Crippen LogP contribution in [0.3, 0.4) is 0 Å². The van der Waals surface area contributed by atoms with E-state index in [1.165, 1.54) is 31.7 Å². The van der Waals surface area contributed by atoms with Crippen molar-refractivity contribution in [1.29, 1.82) is 0 Å². The molecular formula is C13H18N2S. The highest BCUT2D eigenvalue weighted by Gasteiger charge is 2.30. The summed E-state index contributed by atoms with van der Waals surface area (Å²) in [6, 6.07) is 10.8. The highest BCUT2D eigenvalue weighted by molar-refractivity contribution is 8.00. The third kappa shape index (κ3) is 2.42. The number of nitrogens with zero attached hydrogens (tertiary/aromatic N) is 1. The maximum Gasteiger partial charge on any atom is 0.0303 e. The fourth-order valence-electron chi connectivity index (χ4n) is 2.61. The van der Waals surface area contributed by atoms with Crippen molar-refractivity contribution in [3.63, 3.8) is 0 Å². The van der Waals surface area contributed by atoms with Gasteiger partial charge in [-0.05, 0) is 5.56 Å². The molecule has 2 unspecified atom stereocenters. The minimum Gasteiger partial charge on any atom is -0.314 e. The Kier molecular flexibility index (Phi) is 3.18. The summed E-state index contributed by atoms with van der Waals surface area (Å²) in [4.78, 5) is 2.61. The molecule has 2 fully saturated rings. The van der Waals surface area contributed by atoms with E-state index >= 15 is 0 Å². The van der Waals surface area contributed by atoms with Gasteiger partial charge in [-0.1, -0.05) is 30.3 Å². The van der Waals surface area contributed by atoms with Crippen LogP contribution in [0.2, 0.25) is 0 Å². The van der Waals surface area contributed by atoms with Gasteiger partial charge in [-0.3, -0.25) is 4.90 Å². The van der Waals surface area contributed by atoms with Crippen LogP contribution in [0.4, 0.5) is 0 Å². The summed E-state index contributed by atoms with van der Waals surface area (Å²) in [5.74, 6) is 0. The molecule has 0 radical (unpaired) electrons. The lowest BCUT2D eigenvalue weighted by Gasteiger charge is -2.41. The Hall–Kier alpha value is -0.510. The van der Waals surface area contributed by atoms with E-state index in [0.717, 1.165) is 17.0 Å². The summed E-state index contributed by atoms with van der Waals surface area (Å²) >= 11 is 2.18. The lowest BCUT2D eigenvalue weighted by atomic mass is 10.2. The Morgan fingerprint density at radius 2 is 1.81 bits per heavy atom. The first kappa shape index (κ1) is 10.6. The molecule has 2 saturated heterocycles. The zero-order valence-electron chi connectivity index (χ0n) is 9.43. The van der Waals surface area contributed by atoms with Gasteiger partial charge in [0.15, 0.2) is 0 Å². The molecule has 2 atom stereocenters. The van der Waals surface area contributed by atoms with E-state index in [1.54, 1.807) is 0 Å². The summed E-state index contributed by atoms with van der Waals surface area (Å²) < 4.78 is 0. The van der Waals surface area contributed by atoms with Crippen LogP contribution in [0.5, 0.6) is 0 Å². The largest absolute Gasteiger partial charge is 0.314 e. The fourth-order valence-corrected chi connectivity index (χ4v) is 4.18. The second-order valence-electron chi connectivity index (χ2n) is 4.72. The highest BCUT2D eigenvalue weighted by atomic mass is 32.2. The molecule has 1 aromatic rings. The molecule has 2 aliphatic heterocycles. The summed E-state index contributed by atoms with van der Waals surface area (Å²) in [7, 11) is 0. The number of fused-ring (bicyclic) bond motifs is 2. The number of benzene rings is 1. The van der Waals surface area contributed by atoms with E-state index in [1.807, 2.05) is 0 Å². The minimum absolute atomic E-state index is 0.802. The Morgan fingerprint density at radius 3 is 2.50 bits per heavy atom. The predicted molar refractivity (Wildman–Crippen MR) is 69.8 cm³/mol. The van der Waals surface area contributed by atoms with Crippen molar-refractivity contribution in [2.75, 3.05) is 26.2 Å². The third-order valence-corrected chi connectivity index (χ3v) is 4.70. The Balaban J connectivity index is 1.63. The van der Waals surface area contributed by atoms with Crippen molar-refractivity contribution in [1.82, 2.24) is 10.2 Å². The van der Waals surface area contributed by atoms with Crippen LogP contribution in [-0.4, -0.2) is 41.6 Å². The van der Waals surface area contributed by atoms with Crippen LogP contribution in [0.25, 0.3) is 0 Å². The van der Waals surface area contributed by atoms with Gasteiger partial charge in [-0.25, -0.2) is 0 Å². The van der Waals surface area contributed by atoms with E-state index in [2.05, 4.69) is 52.3 Å². The lowest BCUT2D eigenvalue weighted by molar-refractivity contribution is 0.240.